The molecule has 1 aliphatic heterocycles. The van der Waals surface area contributed by atoms with Gasteiger partial charge in [0.25, 0.3) is 0 Å². The number of nitrogens with one attached hydrogen (secondary N) is 1. The smallest absolute Gasteiger partial charge is 0.404 e. The molecule has 5 nitrogen and oxygen atoms in total. The van der Waals surface area contributed by atoms with Gasteiger partial charge in [-0.25, -0.2) is 4.79 Å². The number of nitrogens with zero attached hydrogens (tertiary/aromatic N) is 2. The number of hydrogen-bond donors (Lipinski definition) is 2. The SMILES string of the molecule is Cc1ccccc1N1CCN(CCCNC(=O)O)CC1.Cl. The fourth-order valence-electron chi connectivity index (χ4n) is 2.63. The van der Waals surface area contributed by atoms with E-state index in [1.807, 2.05) is 0 Å². The average Bonchev–Trinajstić information content (AvgIpc) is 2.45. The second-order valence-corrected chi connectivity index (χ2v) is 5.20. The highest BCUT2D eigenvalue weighted by Crippen LogP contribution is 2.20. The molecule has 1 heterocycles. The number of carbonyl (C=O) groups is 1. The van der Waals surface area contributed by atoms with Crippen LogP contribution < -0.4 is 10.2 Å². The van der Waals surface area contributed by atoms with Gasteiger partial charge in [-0.1, -0.05) is 18.2 Å². The molecule has 1 aromatic rings. The van der Waals surface area contributed by atoms with Crippen molar-refractivity contribution in [3.8, 4) is 0 Å². The van der Waals surface area contributed by atoms with E-state index in [-0.39, 0.29) is 12.4 Å². The van der Waals surface area contributed by atoms with Gasteiger partial charge in [-0.15, -0.1) is 12.4 Å². The van der Waals surface area contributed by atoms with Crippen molar-refractivity contribution in [2.24, 2.45) is 0 Å². The topological polar surface area (TPSA) is 55.8 Å². The predicted octanol–water partition coefficient (Wildman–Crippen LogP) is 2.20. The Hall–Kier alpha value is -1.46. The molecule has 2 N–H and O–H groups in total. The molecular weight excluding hydrogens is 290 g/mol. The summed E-state index contributed by atoms with van der Waals surface area (Å²) in [6.45, 7) is 7.81. The molecule has 1 saturated heterocycles. The van der Waals surface area contributed by atoms with E-state index in [2.05, 4.69) is 46.3 Å². The molecule has 0 bridgehead atoms. The van der Waals surface area contributed by atoms with Crippen LogP contribution in [-0.4, -0.2) is 55.4 Å². The number of benzene rings is 1. The first-order chi connectivity index (χ1) is 9.66. The number of anilines is 1. The molecule has 0 radical (unpaired) electrons. The lowest BCUT2D eigenvalue weighted by Gasteiger charge is -2.36. The minimum Gasteiger partial charge on any atom is -0.465 e. The van der Waals surface area contributed by atoms with Gasteiger partial charge in [0, 0.05) is 38.4 Å². The summed E-state index contributed by atoms with van der Waals surface area (Å²) in [5.41, 5.74) is 2.66. The zero-order chi connectivity index (χ0) is 14.4. The lowest BCUT2D eigenvalue weighted by Crippen LogP contribution is -2.47. The Balaban J connectivity index is 0.00000220. The van der Waals surface area contributed by atoms with E-state index in [4.69, 9.17) is 5.11 Å². The van der Waals surface area contributed by atoms with Gasteiger partial charge in [-0.05, 0) is 31.5 Å². The second kappa shape index (κ2) is 8.74. The maximum absolute atomic E-state index is 10.4. The molecule has 0 aliphatic carbocycles. The summed E-state index contributed by atoms with van der Waals surface area (Å²) in [7, 11) is 0. The molecule has 0 atom stereocenters. The number of carboxylic acid groups (broad SMARTS) is 1. The minimum atomic E-state index is -0.936. The fourth-order valence-corrected chi connectivity index (χ4v) is 2.63. The van der Waals surface area contributed by atoms with E-state index in [1.54, 1.807) is 0 Å². The number of hydrogen-bond acceptors (Lipinski definition) is 3. The van der Waals surface area contributed by atoms with Crippen LogP contribution in [0.5, 0.6) is 0 Å². The van der Waals surface area contributed by atoms with Crippen molar-refractivity contribution in [3.63, 3.8) is 0 Å². The average molecular weight is 314 g/mol. The molecule has 6 heteroatoms. The van der Waals surface area contributed by atoms with Crippen LogP contribution in [-0.2, 0) is 0 Å². The highest BCUT2D eigenvalue weighted by atomic mass is 35.5. The van der Waals surface area contributed by atoms with Crippen LogP contribution in [0.1, 0.15) is 12.0 Å². The van der Waals surface area contributed by atoms with E-state index in [0.717, 1.165) is 39.1 Å². The molecule has 0 unspecified atom stereocenters. The van der Waals surface area contributed by atoms with E-state index in [1.165, 1.54) is 11.3 Å². The van der Waals surface area contributed by atoms with Crippen molar-refractivity contribution in [1.82, 2.24) is 10.2 Å². The number of rotatable bonds is 5. The number of para-hydroxylation sites is 1. The van der Waals surface area contributed by atoms with Crippen LogP contribution in [0, 0.1) is 6.92 Å². The molecule has 1 amide bonds. The number of amides is 1. The lowest BCUT2D eigenvalue weighted by atomic mass is 10.1. The summed E-state index contributed by atoms with van der Waals surface area (Å²) < 4.78 is 0. The fraction of sp³-hybridized carbons (Fsp3) is 0.533. The van der Waals surface area contributed by atoms with Crippen LogP contribution in [0.15, 0.2) is 24.3 Å². The number of halogens is 1. The van der Waals surface area contributed by atoms with Crippen molar-refractivity contribution in [3.05, 3.63) is 29.8 Å². The van der Waals surface area contributed by atoms with Crippen LogP contribution in [0.25, 0.3) is 0 Å². The quantitative estimate of drug-likeness (QED) is 0.818. The largest absolute Gasteiger partial charge is 0.465 e. The first kappa shape index (κ1) is 17.6. The van der Waals surface area contributed by atoms with Gasteiger partial charge >= 0.3 is 6.09 Å². The summed E-state index contributed by atoms with van der Waals surface area (Å²) in [5.74, 6) is 0. The highest BCUT2D eigenvalue weighted by molar-refractivity contribution is 5.85. The Morgan fingerprint density at radius 3 is 2.52 bits per heavy atom. The van der Waals surface area contributed by atoms with Crippen molar-refractivity contribution in [2.75, 3.05) is 44.2 Å². The standard InChI is InChI=1S/C15H23N3O2.ClH/c1-13-5-2-3-6-14(13)18-11-9-17(10-12-18)8-4-7-16-15(19)20;/h2-3,5-6,16H,4,7-12H2,1H3,(H,19,20);1H. The van der Waals surface area contributed by atoms with E-state index in [0.29, 0.717) is 6.54 Å². The van der Waals surface area contributed by atoms with Crippen LogP contribution >= 0.6 is 12.4 Å². The summed E-state index contributed by atoms with van der Waals surface area (Å²) in [6.07, 6.45) is -0.0641. The number of piperazine rings is 1. The summed E-state index contributed by atoms with van der Waals surface area (Å²) >= 11 is 0. The molecule has 1 fully saturated rings. The predicted molar refractivity (Wildman–Crippen MR) is 87.7 cm³/mol. The number of aryl methyl sites for hydroxylation is 1. The van der Waals surface area contributed by atoms with Gasteiger partial charge < -0.3 is 15.3 Å². The molecule has 2 rings (SSSR count). The van der Waals surface area contributed by atoms with Gasteiger partial charge in [0.1, 0.15) is 0 Å². The van der Waals surface area contributed by atoms with Crippen LogP contribution in [0.2, 0.25) is 0 Å². The molecule has 1 aliphatic rings. The van der Waals surface area contributed by atoms with Gasteiger partial charge in [-0.2, -0.15) is 0 Å². The third kappa shape index (κ3) is 5.44. The van der Waals surface area contributed by atoms with E-state index in [9.17, 15) is 4.79 Å². The summed E-state index contributed by atoms with van der Waals surface area (Å²) in [5, 5.41) is 10.9. The molecule has 21 heavy (non-hydrogen) atoms. The monoisotopic (exact) mass is 313 g/mol. The van der Waals surface area contributed by atoms with E-state index < -0.39 is 6.09 Å². The molecule has 1 aromatic carbocycles. The van der Waals surface area contributed by atoms with Crippen LogP contribution in [0.3, 0.4) is 0 Å². The first-order valence-electron chi connectivity index (χ1n) is 7.16. The maximum Gasteiger partial charge on any atom is 0.404 e. The van der Waals surface area contributed by atoms with Crippen molar-refractivity contribution < 1.29 is 9.90 Å². The lowest BCUT2D eigenvalue weighted by molar-refractivity contribution is 0.192. The zero-order valence-corrected chi connectivity index (χ0v) is 13.2. The summed E-state index contributed by atoms with van der Waals surface area (Å²) in [4.78, 5) is 15.2. The van der Waals surface area contributed by atoms with Gasteiger partial charge in [0.05, 0.1) is 0 Å². The third-order valence-corrected chi connectivity index (χ3v) is 3.76. The molecular formula is C15H24ClN3O2. The zero-order valence-electron chi connectivity index (χ0n) is 12.4. The normalized spacial score (nSPS) is 15.4. The maximum atomic E-state index is 10.4. The van der Waals surface area contributed by atoms with Gasteiger partial charge in [0.15, 0.2) is 0 Å². The van der Waals surface area contributed by atoms with Gasteiger partial charge in [-0.3, -0.25) is 4.90 Å². The Bertz CT molecular complexity index is 448. The third-order valence-electron chi connectivity index (χ3n) is 3.76. The molecule has 0 aromatic heterocycles. The van der Waals surface area contributed by atoms with Crippen molar-refractivity contribution in [2.45, 2.75) is 13.3 Å². The highest BCUT2D eigenvalue weighted by Gasteiger charge is 2.17. The Morgan fingerprint density at radius 1 is 1.24 bits per heavy atom. The molecule has 0 spiro atoms. The molecule has 118 valence electrons. The Morgan fingerprint density at radius 2 is 1.90 bits per heavy atom. The van der Waals surface area contributed by atoms with Crippen molar-refractivity contribution in [1.29, 1.82) is 0 Å². The Labute approximate surface area is 132 Å². The second-order valence-electron chi connectivity index (χ2n) is 5.20. The summed E-state index contributed by atoms with van der Waals surface area (Å²) in [6, 6.07) is 8.50. The van der Waals surface area contributed by atoms with E-state index >= 15 is 0 Å². The van der Waals surface area contributed by atoms with Gasteiger partial charge in [0.2, 0.25) is 0 Å². The first-order valence-corrected chi connectivity index (χ1v) is 7.16. The molecule has 0 saturated carbocycles. The van der Waals surface area contributed by atoms with Crippen LogP contribution in [0.4, 0.5) is 10.5 Å². The Kier molecular flexibility index (Phi) is 7.32. The van der Waals surface area contributed by atoms with Crippen molar-refractivity contribution >= 4 is 24.2 Å². The minimum absolute atomic E-state index is 0.